The Kier molecular flexibility index (Phi) is 2.79. The van der Waals surface area contributed by atoms with Gasteiger partial charge >= 0.3 is 0 Å². The molecule has 0 saturated carbocycles. The van der Waals surface area contributed by atoms with Crippen LogP contribution in [-0.4, -0.2) is 0 Å². The summed E-state index contributed by atoms with van der Waals surface area (Å²) in [4.78, 5) is 0. The standard InChI is InChI=1S/C14H7I2/c15-13-7-11-5-9-3-1-2-4-10(9)6-12(11)8-14(13)16/h1-7H. The smallest absolute Gasteiger partial charge is 0.0349 e. The van der Waals surface area contributed by atoms with Crippen LogP contribution in [0.15, 0.2) is 42.5 Å². The molecule has 0 fully saturated rings. The van der Waals surface area contributed by atoms with Crippen LogP contribution in [0.25, 0.3) is 21.5 Å². The van der Waals surface area contributed by atoms with Crippen molar-refractivity contribution in [2.24, 2.45) is 0 Å². The van der Waals surface area contributed by atoms with Crippen molar-refractivity contribution >= 4 is 66.7 Å². The van der Waals surface area contributed by atoms with Crippen LogP contribution in [0.1, 0.15) is 0 Å². The average molecular weight is 429 g/mol. The first-order chi connectivity index (χ1) is 7.74. The van der Waals surface area contributed by atoms with Gasteiger partial charge in [0.1, 0.15) is 0 Å². The van der Waals surface area contributed by atoms with Gasteiger partial charge in [-0.1, -0.05) is 24.3 Å². The van der Waals surface area contributed by atoms with E-state index in [4.69, 9.17) is 0 Å². The van der Waals surface area contributed by atoms with Crippen LogP contribution in [0.5, 0.6) is 0 Å². The van der Waals surface area contributed by atoms with E-state index in [1.54, 1.807) is 0 Å². The molecule has 3 rings (SSSR count). The zero-order valence-electron chi connectivity index (χ0n) is 8.30. The van der Waals surface area contributed by atoms with E-state index < -0.39 is 0 Å². The highest BCUT2D eigenvalue weighted by Crippen LogP contribution is 2.26. The van der Waals surface area contributed by atoms with Crippen LogP contribution in [0, 0.1) is 13.2 Å². The van der Waals surface area contributed by atoms with Gasteiger partial charge in [-0.05, 0) is 84.9 Å². The molecule has 0 amide bonds. The second kappa shape index (κ2) is 4.14. The number of fused-ring (bicyclic) bond motifs is 2. The molecule has 0 heterocycles. The zero-order chi connectivity index (χ0) is 11.1. The fraction of sp³-hybridized carbons (Fsp3) is 0. The lowest BCUT2D eigenvalue weighted by molar-refractivity contribution is 1.63. The molecule has 0 bridgehead atoms. The number of benzene rings is 3. The number of hydrogen-bond donors (Lipinski definition) is 0. The molecule has 0 saturated heterocycles. The molecule has 0 N–H and O–H groups in total. The lowest BCUT2D eigenvalue weighted by atomic mass is 10.0. The van der Waals surface area contributed by atoms with E-state index in [1.807, 2.05) is 0 Å². The van der Waals surface area contributed by atoms with Gasteiger partial charge in [0, 0.05) is 13.2 Å². The lowest BCUT2D eigenvalue weighted by Crippen LogP contribution is -1.82. The second-order valence-corrected chi connectivity index (χ2v) is 5.96. The topological polar surface area (TPSA) is 0 Å². The van der Waals surface area contributed by atoms with Gasteiger partial charge in [-0.2, -0.15) is 0 Å². The van der Waals surface area contributed by atoms with Crippen molar-refractivity contribution in [2.75, 3.05) is 0 Å². The van der Waals surface area contributed by atoms with Crippen molar-refractivity contribution in [3.8, 4) is 0 Å². The highest BCUT2D eigenvalue weighted by molar-refractivity contribution is 14.1. The summed E-state index contributed by atoms with van der Waals surface area (Å²) in [6.07, 6.45) is 0. The van der Waals surface area contributed by atoms with Crippen LogP contribution < -0.4 is 0 Å². The maximum absolute atomic E-state index is 3.43. The third kappa shape index (κ3) is 1.82. The van der Waals surface area contributed by atoms with Crippen molar-refractivity contribution in [3.63, 3.8) is 0 Å². The van der Waals surface area contributed by atoms with Crippen molar-refractivity contribution in [1.29, 1.82) is 0 Å². The SMILES string of the molecule is Ic1[c]c2cc3ccccc3cc2cc1I. The molecule has 3 aromatic carbocycles. The number of hydrogen-bond acceptors (Lipinski definition) is 0. The number of rotatable bonds is 0. The van der Waals surface area contributed by atoms with E-state index in [1.165, 1.54) is 28.7 Å². The summed E-state index contributed by atoms with van der Waals surface area (Å²) in [5.74, 6) is 0. The maximum atomic E-state index is 3.43. The van der Waals surface area contributed by atoms with Crippen LogP contribution in [0.4, 0.5) is 0 Å². The first-order valence-corrected chi connectivity index (χ1v) is 7.09. The van der Waals surface area contributed by atoms with E-state index in [-0.39, 0.29) is 0 Å². The first kappa shape index (κ1) is 10.8. The van der Waals surface area contributed by atoms with Gasteiger partial charge in [0.25, 0.3) is 0 Å². The molecule has 0 spiro atoms. The van der Waals surface area contributed by atoms with Gasteiger partial charge in [0.15, 0.2) is 0 Å². The summed E-state index contributed by atoms with van der Waals surface area (Å²) in [5.41, 5.74) is 0. The van der Waals surface area contributed by atoms with Gasteiger partial charge in [0.05, 0.1) is 0 Å². The molecule has 2 heteroatoms. The second-order valence-electron chi connectivity index (χ2n) is 3.72. The zero-order valence-corrected chi connectivity index (χ0v) is 12.6. The third-order valence-corrected chi connectivity index (χ3v) is 5.39. The van der Waals surface area contributed by atoms with Gasteiger partial charge in [-0.3, -0.25) is 0 Å². The maximum Gasteiger partial charge on any atom is 0.0349 e. The van der Waals surface area contributed by atoms with Crippen LogP contribution in [0.2, 0.25) is 0 Å². The van der Waals surface area contributed by atoms with Gasteiger partial charge in [-0.25, -0.2) is 0 Å². The molecule has 1 radical (unpaired) electrons. The highest BCUT2D eigenvalue weighted by atomic mass is 127. The Labute approximate surface area is 121 Å². The summed E-state index contributed by atoms with van der Waals surface area (Å²) < 4.78 is 2.46. The summed E-state index contributed by atoms with van der Waals surface area (Å²) in [5, 5.41) is 5.04. The van der Waals surface area contributed by atoms with Crippen molar-refractivity contribution in [2.45, 2.75) is 0 Å². The monoisotopic (exact) mass is 429 g/mol. The number of halogens is 2. The minimum absolute atomic E-state index is 1.20. The molecule has 0 unspecified atom stereocenters. The quantitative estimate of drug-likeness (QED) is 0.349. The molecule has 0 atom stereocenters. The third-order valence-electron chi connectivity index (χ3n) is 2.65. The van der Waals surface area contributed by atoms with Crippen molar-refractivity contribution in [3.05, 3.63) is 55.7 Å². The Morgan fingerprint density at radius 3 is 2.25 bits per heavy atom. The van der Waals surface area contributed by atoms with Crippen LogP contribution in [-0.2, 0) is 0 Å². The Bertz CT molecular complexity index is 627. The fourth-order valence-electron chi connectivity index (χ4n) is 1.86. The Morgan fingerprint density at radius 2 is 1.50 bits per heavy atom. The molecule has 0 aliphatic carbocycles. The normalized spacial score (nSPS) is 11.1. The Hall–Kier alpha value is -0.360. The molecular formula is C14H7I2. The molecule has 77 valence electrons. The fourth-order valence-corrected chi connectivity index (χ4v) is 2.78. The molecule has 0 aliphatic heterocycles. The van der Waals surface area contributed by atoms with E-state index in [9.17, 15) is 0 Å². The van der Waals surface area contributed by atoms with Gasteiger partial charge in [-0.15, -0.1) is 0 Å². The van der Waals surface area contributed by atoms with E-state index in [2.05, 4.69) is 93.7 Å². The average Bonchev–Trinajstić information content (AvgIpc) is 2.28. The molecule has 0 nitrogen and oxygen atoms in total. The van der Waals surface area contributed by atoms with E-state index >= 15 is 0 Å². The van der Waals surface area contributed by atoms with Crippen LogP contribution >= 0.6 is 45.2 Å². The molecule has 3 aromatic rings. The Morgan fingerprint density at radius 1 is 0.812 bits per heavy atom. The van der Waals surface area contributed by atoms with Crippen LogP contribution in [0.3, 0.4) is 0 Å². The minimum Gasteiger partial charge on any atom is -0.0616 e. The summed E-state index contributed by atoms with van der Waals surface area (Å²) in [7, 11) is 0. The van der Waals surface area contributed by atoms with Gasteiger partial charge in [0.2, 0.25) is 0 Å². The summed E-state index contributed by atoms with van der Waals surface area (Å²) in [6.45, 7) is 0. The van der Waals surface area contributed by atoms with E-state index in [0.717, 1.165) is 0 Å². The van der Waals surface area contributed by atoms with Gasteiger partial charge < -0.3 is 0 Å². The summed E-state index contributed by atoms with van der Waals surface area (Å²) in [6, 6.07) is 18.6. The molecular weight excluding hydrogens is 422 g/mol. The van der Waals surface area contributed by atoms with Crippen molar-refractivity contribution < 1.29 is 0 Å². The minimum atomic E-state index is 1.20. The predicted octanol–water partition coefficient (Wildman–Crippen LogP) is 5.00. The summed E-state index contributed by atoms with van der Waals surface area (Å²) >= 11 is 4.69. The molecule has 0 aromatic heterocycles. The predicted molar refractivity (Wildman–Crippen MR) is 85.7 cm³/mol. The first-order valence-electron chi connectivity index (χ1n) is 4.94. The van der Waals surface area contributed by atoms with E-state index in [0.29, 0.717) is 0 Å². The Balaban J connectivity index is 2.46. The molecule has 0 aliphatic rings. The lowest BCUT2D eigenvalue weighted by Gasteiger charge is -2.04. The van der Waals surface area contributed by atoms with Crippen molar-refractivity contribution in [1.82, 2.24) is 0 Å². The highest BCUT2D eigenvalue weighted by Gasteiger charge is 2.02. The largest absolute Gasteiger partial charge is 0.0616 e. The molecule has 16 heavy (non-hydrogen) atoms.